The van der Waals surface area contributed by atoms with E-state index in [0.717, 1.165) is 16.9 Å². The molecule has 2 aromatic rings. The van der Waals surface area contributed by atoms with Gasteiger partial charge in [-0.3, -0.25) is 9.78 Å². The first-order chi connectivity index (χ1) is 8.97. The van der Waals surface area contributed by atoms with Gasteiger partial charge in [-0.05, 0) is 38.1 Å². The zero-order valence-corrected chi connectivity index (χ0v) is 11.1. The van der Waals surface area contributed by atoms with Gasteiger partial charge < -0.3 is 11.1 Å². The standard InChI is InChI=1S/C15H17N3O/c1-15(2,16)14(19)18-12-8-6-11(7-9-12)13-5-3-4-10-17-13/h3-10H,16H2,1-2H3,(H,18,19). The summed E-state index contributed by atoms with van der Waals surface area (Å²) in [5, 5.41) is 2.78. The lowest BCUT2D eigenvalue weighted by molar-refractivity contribution is -0.120. The van der Waals surface area contributed by atoms with Crippen molar-refractivity contribution in [2.24, 2.45) is 5.73 Å². The van der Waals surface area contributed by atoms with Crippen molar-refractivity contribution in [3.63, 3.8) is 0 Å². The summed E-state index contributed by atoms with van der Waals surface area (Å²) in [4.78, 5) is 16.0. The van der Waals surface area contributed by atoms with Crippen molar-refractivity contribution >= 4 is 11.6 Å². The number of nitrogens with one attached hydrogen (secondary N) is 1. The average molecular weight is 255 g/mol. The summed E-state index contributed by atoms with van der Waals surface area (Å²) < 4.78 is 0. The van der Waals surface area contributed by atoms with E-state index >= 15 is 0 Å². The molecule has 0 unspecified atom stereocenters. The number of hydrogen-bond donors (Lipinski definition) is 2. The first-order valence-electron chi connectivity index (χ1n) is 6.08. The number of amides is 1. The highest BCUT2D eigenvalue weighted by atomic mass is 16.2. The molecule has 1 amide bonds. The maximum atomic E-state index is 11.7. The van der Waals surface area contributed by atoms with E-state index in [1.165, 1.54) is 0 Å². The van der Waals surface area contributed by atoms with Gasteiger partial charge in [0.15, 0.2) is 0 Å². The van der Waals surface area contributed by atoms with Gasteiger partial charge in [0.25, 0.3) is 0 Å². The number of benzene rings is 1. The number of carbonyl (C=O) groups excluding carboxylic acids is 1. The minimum absolute atomic E-state index is 0.210. The van der Waals surface area contributed by atoms with Crippen LogP contribution < -0.4 is 11.1 Å². The van der Waals surface area contributed by atoms with E-state index in [4.69, 9.17) is 5.73 Å². The van der Waals surface area contributed by atoms with Gasteiger partial charge in [-0.2, -0.15) is 0 Å². The molecule has 2 rings (SSSR count). The average Bonchev–Trinajstić information content (AvgIpc) is 2.39. The van der Waals surface area contributed by atoms with Gasteiger partial charge in [0.05, 0.1) is 11.2 Å². The Balaban J connectivity index is 2.14. The summed E-state index contributed by atoms with van der Waals surface area (Å²) in [6.45, 7) is 3.34. The van der Waals surface area contributed by atoms with Gasteiger partial charge in [-0.1, -0.05) is 18.2 Å². The van der Waals surface area contributed by atoms with E-state index < -0.39 is 5.54 Å². The van der Waals surface area contributed by atoms with Crippen molar-refractivity contribution < 1.29 is 4.79 Å². The molecule has 1 aromatic heterocycles. The molecule has 0 fully saturated rings. The van der Waals surface area contributed by atoms with Crippen molar-refractivity contribution in [1.29, 1.82) is 0 Å². The molecular formula is C15H17N3O. The lowest BCUT2D eigenvalue weighted by Crippen LogP contribution is -2.45. The zero-order chi connectivity index (χ0) is 13.9. The normalized spacial score (nSPS) is 11.1. The third-order valence-electron chi connectivity index (χ3n) is 2.69. The second-order valence-corrected chi connectivity index (χ2v) is 4.97. The highest BCUT2D eigenvalue weighted by Gasteiger charge is 2.21. The Kier molecular flexibility index (Phi) is 3.62. The van der Waals surface area contributed by atoms with Gasteiger partial charge in [0.2, 0.25) is 5.91 Å². The summed E-state index contributed by atoms with van der Waals surface area (Å²) in [6, 6.07) is 13.3. The molecule has 3 N–H and O–H groups in total. The van der Waals surface area contributed by atoms with Crippen molar-refractivity contribution in [3.05, 3.63) is 48.7 Å². The highest BCUT2D eigenvalue weighted by molar-refractivity contribution is 5.97. The summed E-state index contributed by atoms with van der Waals surface area (Å²) in [6.07, 6.45) is 1.75. The van der Waals surface area contributed by atoms with E-state index in [9.17, 15) is 4.79 Å². The molecule has 1 aromatic carbocycles. The van der Waals surface area contributed by atoms with Crippen LogP contribution in [0.3, 0.4) is 0 Å². The van der Waals surface area contributed by atoms with Crippen LogP contribution in [0.2, 0.25) is 0 Å². The molecule has 0 aliphatic carbocycles. The first kappa shape index (κ1) is 13.2. The van der Waals surface area contributed by atoms with Crippen molar-refractivity contribution in [3.8, 4) is 11.3 Å². The van der Waals surface area contributed by atoms with Crippen molar-refractivity contribution in [1.82, 2.24) is 4.98 Å². The maximum absolute atomic E-state index is 11.7. The second-order valence-electron chi connectivity index (χ2n) is 4.97. The molecule has 4 heteroatoms. The smallest absolute Gasteiger partial charge is 0.243 e. The largest absolute Gasteiger partial charge is 0.325 e. The molecule has 0 aliphatic rings. The monoisotopic (exact) mass is 255 g/mol. The Hall–Kier alpha value is -2.20. The molecule has 0 bridgehead atoms. The van der Waals surface area contributed by atoms with E-state index in [2.05, 4.69) is 10.3 Å². The Labute approximate surface area is 112 Å². The Bertz CT molecular complexity index is 556. The highest BCUT2D eigenvalue weighted by Crippen LogP contribution is 2.19. The third kappa shape index (κ3) is 3.39. The molecule has 0 atom stereocenters. The zero-order valence-electron chi connectivity index (χ0n) is 11.1. The molecule has 4 nitrogen and oxygen atoms in total. The minimum Gasteiger partial charge on any atom is -0.325 e. The molecule has 0 spiro atoms. The number of nitrogens with zero attached hydrogens (tertiary/aromatic N) is 1. The van der Waals surface area contributed by atoms with Gasteiger partial charge in [-0.25, -0.2) is 0 Å². The van der Waals surface area contributed by atoms with Crippen LogP contribution in [0, 0.1) is 0 Å². The van der Waals surface area contributed by atoms with E-state index in [-0.39, 0.29) is 5.91 Å². The maximum Gasteiger partial charge on any atom is 0.243 e. The molecule has 0 saturated carbocycles. The van der Waals surface area contributed by atoms with Crippen LogP contribution >= 0.6 is 0 Å². The number of anilines is 1. The lowest BCUT2D eigenvalue weighted by Gasteiger charge is -2.17. The molecule has 0 saturated heterocycles. The fourth-order valence-corrected chi connectivity index (χ4v) is 1.55. The number of aromatic nitrogens is 1. The number of carbonyl (C=O) groups is 1. The number of pyridine rings is 1. The van der Waals surface area contributed by atoms with E-state index in [1.54, 1.807) is 20.0 Å². The van der Waals surface area contributed by atoms with Gasteiger partial charge in [0, 0.05) is 17.4 Å². The molecule has 19 heavy (non-hydrogen) atoms. The number of nitrogens with two attached hydrogens (primary N) is 1. The van der Waals surface area contributed by atoms with Crippen LogP contribution in [0.4, 0.5) is 5.69 Å². The van der Waals surface area contributed by atoms with Crippen molar-refractivity contribution in [2.45, 2.75) is 19.4 Å². The third-order valence-corrected chi connectivity index (χ3v) is 2.69. The predicted octanol–water partition coefficient (Wildman–Crippen LogP) is 2.42. The van der Waals surface area contributed by atoms with Crippen LogP contribution in [0.5, 0.6) is 0 Å². The van der Waals surface area contributed by atoms with Crippen LogP contribution in [-0.2, 0) is 4.79 Å². The van der Waals surface area contributed by atoms with Gasteiger partial charge in [-0.15, -0.1) is 0 Å². The van der Waals surface area contributed by atoms with Crippen LogP contribution in [0.15, 0.2) is 48.7 Å². The number of rotatable bonds is 3. The Morgan fingerprint density at radius 2 is 1.84 bits per heavy atom. The van der Waals surface area contributed by atoms with E-state index in [1.807, 2.05) is 42.5 Å². The molecule has 0 aliphatic heterocycles. The summed E-state index contributed by atoms with van der Waals surface area (Å²) in [5.41, 5.74) is 7.47. The van der Waals surface area contributed by atoms with Crippen molar-refractivity contribution in [2.75, 3.05) is 5.32 Å². The molecule has 1 heterocycles. The fraction of sp³-hybridized carbons (Fsp3) is 0.200. The summed E-state index contributed by atoms with van der Waals surface area (Å²) in [5.74, 6) is -0.210. The Morgan fingerprint density at radius 3 is 2.37 bits per heavy atom. The topological polar surface area (TPSA) is 68.0 Å². The fourth-order valence-electron chi connectivity index (χ4n) is 1.55. The lowest BCUT2D eigenvalue weighted by atomic mass is 10.1. The first-order valence-corrected chi connectivity index (χ1v) is 6.08. The van der Waals surface area contributed by atoms with Crippen LogP contribution in [-0.4, -0.2) is 16.4 Å². The minimum atomic E-state index is -0.889. The number of hydrogen-bond acceptors (Lipinski definition) is 3. The predicted molar refractivity (Wildman–Crippen MR) is 76.6 cm³/mol. The SMILES string of the molecule is CC(C)(N)C(=O)Nc1ccc(-c2ccccn2)cc1. The van der Waals surface area contributed by atoms with Gasteiger partial charge >= 0.3 is 0 Å². The molecular weight excluding hydrogens is 238 g/mol. The second kappa shape index (κ2) is 5.20. The molecule has 0 radical (unpaired) electrons. The Morgan fingerprint density at radius 1 is 1.16 bits per heavy atom. The van der Waals surface area contributed by atoms with Gasteiger partial charge in [0.1, 0.15) is 0 Å². The van der Waals surface area contributed by atoms with Crippen LogP contribution in [0.25, 0.3) is 11.3 Å². The molecule has 98 valence electrons. The van der Waals surface area contributed by atoms with E-state index in [0.29, 0.717) is 0 Å². The quantitative estimate of drug-likeness (QED) is 0.885. The summed E-state index contributed by atoms with van der Waals surface area (Å²) >= 11 is 0. The summed E-state index contributed by atoms with van der Waals surface area (Å²) in [7, 11) is 0. The van der Waals surface area contributed by atoms with Crippen LogP contribution in [0.1, 0.15) is 13.8 Å².